The third kappa shape index (κ3) is 1.56. The minimum absolute atomic E-state index is 0.142. The van der Waals surface area contributed by atoms with Crippen LogP contribution in [0, 0.1) is 0 Å². The van der Waals surface area contributed by atoms with Crippen LogP contribution in [-0.4, -0.2) is 5.11 Å². The maximum atomic E-state index is 9.18. The van der Waals surface area contributed by atoms with Crippen molar-refractivity contribution in [3.05, 3.63) is 34.7 Å². The third-order valence-corrected chi connectivity index (χ3v) is 3.57. The van der Waals surface area contributed by atoms with Gasteiger partial charge in [-0.3, -0.25) is 0 Å². The molecule has 74 valence electrons. The molecule has 1 aromatic heterocycles. The highest BCUT2D eigenvalue weighted by Crippen LogP contribution is 2.29. The topological polar surface area (TPSA) is 20.2 Å². The fourth-order valence-electron chi connectivity index (χ4n) is 1.76. The molecule has 1 nitrogen and oxygen atoms in total. The molecular formula is C12H14OS. The van der Waals surface area contributed by atoms with Crippen molar-refractivity contribution in [1.82, 2.24) is 0 Å². The zero-order chi connectivity index (χ0) is 9.97. The van der Waals surface area contributed by atoms with Crippen molar-refractivity contribution in [2.45, 2.75) is 26.4 Å². The van der Waals surface area contributed by atoms with E-state index in [1.807, 2.05) is 12.1 Å². The van der Waals surface area contributed by atoms with E-state index in [1.54, 1.807) is 11.3 Å². The number of thiophene rings is 1. The summed E-state index contributed by atoms with van der Waals surface area (Å²) in [6.45, 7) is 2.34. The molecule has 1 N–H and O–H groups in total. The maximum Gasteiger partial charge on any atom is 0.0695 e. The molecule has 0 fully saturated rings. The molecule has 0 amide bonds. The normalized spacial score (nSPS) is 11.0. The zero-order valence-corrected chi connectivity index (χ0v) is 9.10. The second-order valence-electron chi connectivity index (χ2n) is 3.46. The molecule has 0 atom stereocenters. The van der Waals surface area contributed by atoms with E-state index in [0.717, 1.165) is 12.0 Å². The minimum atomic E-state index is 0.142. The summed E-state index contributed by atoms with van der Waals surface area (Å²) < 4.78 is 1.25. The van der Waals surface area contributed by atoms with Gasteiger partial charge in [-0.15, -0.1) is 11.3 Å². The first-order valence-electron chi connectivity index (χ1n) is 4.95. The Labute approximate surface area is 88.0 Å². The van der Waals surface area contributed by atoms with Crippen molar-refractivity contribution in [3.63, 3.8) is 0 Å². The summed E-state index contributed by atoms with van der Waals surface area (Å²) in [6.07, 6.45) is 2.31. The molecule has 0 unspecified atom stereocenters. The van der Waals surface area contributed by atoms with Crippen molar-refractivity contribution in [1.29, 1.82) is 0 Å². The Bertz CT molecular complexity index is 431. The molecule has 14 heavy (non-hydrogen) atoms. The first-order valence-corrected chi connectivity index (χ1v) is 5.83. The molecule has 2 aromatic rings. The van der Waals surface area contributed by atoms with Crippen LogP contribution in [0.2, 0.25) is 0 Å². The van der Waals surface area contributed by atoms with Gasteiger partial charge in [0.25, 0.3) is 0 Å². The Hall–Kier alpha value is -0.860. The summed E-state index contributed by atoms with van der Waals surface area (Å²) in [6, 6.07) is 6.17. The Balaban J connectivity index is 2.57. The lowest BCUT2D eigenvalue weighted by atomic mass is 10.1. The highest BCUT2D eigenvalue weighted by atomic mass is 32.1. The number of fused-ring (bicyclic) bond motifs is 1. The smallest absolute Gasteiger partial charge is 0.0695 e. The number of aliphatic hydroxyl groups excluding tert-OH is 1. The zero-order valence-electron chi connectivity index (χ0n) is 8.29. The quantitative estimate of drug-likeness (QED) is 0.816. The third-order valence-electron chi connectivity index (χ3n) is 2.45. The molecule has 0 aliphatic rings. The van der Waals surface area contributed by atoms with Gasteiger partial charge in [0.15, 0.2) is 0 Å². The summed E-state index contributed by atoms with van der Waals surface area (Å²) in [5.41, 5.74) is 2.47. The van der Waals surface area contributed by atoms with E-state index in [-0.39, 0.29) is 6.61 Å². The number of hydrogen-bond donors (Lipinski definition) is 1. The van der Waals surface area contributed by atoms with Crippen molar-refractivity contribution in [3.8, 4) is 0 Å². The molecule has 0 radical (unpaired) electrons. The molecule has 0 saturated carbocycles. The molecule has 0 spiro atoms. The molecule has 2 rings (SSSR count). The summed E-state index contributed by atoms with van der Waals surface area (Å²) >= 11 is 1.75. The second-order valence-corrected chi connectivity index (χ2v) is 4.34. The molecule has 0 saturated heterocycles. The van der Waals surface area contributed by atoms with Gasteiger partial charge in [0.05, 0.1) is 6.61 Å². The van der Waals surface area contributed by atoms with E-state index in [1.165, 1.54) is 22.1 Å². The average molecular weight is 206 g/mol. The van der Waals surface area contributed by atoms with E-state index in [0.29, 0.717) is 0 Å². The van der Waals surface area contributed by atoms with Crippen LogP contribution < -0.4 is 0 Å². The van der Waals surface area contributed by atoms with Gasteiger partial charge in [0.2, 0.25) is 0 Å². The summed E-state index contributed by atoms with van der Waals surface area (Å²) in [4.78, 5) is 0. The number of benzene rings is 1. The highest BCUT2D eigenvalue weighted by Gasteiger charge is 2.05. The predicted octanol–water partition coefficient (Wildman–Crippen LogP) is 3.35. The highest BCUT2D eigenvalue weighted by molar-refractivity contribution is 7.17. The first kappa shape index (κ1) is 9.69. The molecule has 1 heterocycles. The van der Waals surface area contributed by atoms with Gasteiger partial charge in [-0.1, -0.05) is 31.5 Å². The Kier molecular flexibility index (Phi) is 2.85. The Morgan fingerprint density at radius 2 is 2.14 bits per heavy atom. The standard InChI is InChI=1S/C12H14OS/c1-2-4-10-8-14-12-9(7-13)5-3-6-11(10)12/h3,5-6,8,13H,2,4,7H2,1H3. The summed E-state index contributed by atoms with van der Waals surface area (Å²) in [5.74, 6) is 0. The van der Waals surface area contributed by atoms with Gasteiger partial charge in [-0.25, -0.2) is 0 Å². The van der Waals surface area contributed by atoms with Crippen LogP contribution in [0.4, 0.5) is 0 Å². The van der Waals surface area contributed by atoms with Crippen LogP contribution in [0.15, 0.2) is 23.6 Å². The van der Waals surface area contributed by atoms with Crippen LogP contribution in [-0.2, 0) is 13.0 Å². The molecule has 0 aliphatic carbocycles. The van der Waals surface area contributed by atoms with E-state index in [2.05, 4.69) is 18.4 Å². The van der Waals surface area contributed by atoms with Crippen LogP contribution >= 0.6 is 11.3 Å². The van der Waals surface area contributed by atoms with Crippen molar-refractivity contribution >= 4 is 21.4 Å². The van der Waals surface area contributed by atoms with Crippen molar-refractivity contribution < 1.29 is 5.11 Å². The van der Waals surface area contributed by atoms with Gasteiger partial charge in [-0.2, -0.15) is 0 Å². The summed E-state index contributed by atoms with van der Waals surface area (Å²) in [7, 11) is 0. The predicted molar refractivity (Wildman–Crippen MR) is 61.7 cm³/mol. The first-order chi connectivity index (χ1) is 6.86. The number of hydrogen-bond acceptors (Lipinski definition) is 2. The van der Waals surface area contributed by atoms with Crippen molar-refractivity contribution in [2.24, 2.45) is 0 Å². The molecule has 2 heteroatoms. The lowest BCUT2D eigenvalue weighted by Gasteiger charge is -1.99. The number of aliphatic hydroxyl groups is 1. The van der Waals surface area contributed by atoms with Gasteiger partial charge in [0.1, 0.15) is 0 Å². The molecule has 1 aromatic carbocycles. The van der Waals surface area contributed by atoms with Crippen LogP contribution in [0.3, 0.4) is 0 Å². The largest absolute Gasteiger partial charge is 0.392 e. The maximum absolute atomic E-state index is 9.18. The summed E-state index contributed by atoms with van der Waals surface area (Å²) in [5, 5.41) is 12.7. The fourth-order valence-corrected chi connectivity index (χ4v) is 2.87. The SMILES string of the molecule is CCCc1csc2c(CO)cccc12. The monoisotopic (exact) mass is 206 g/mol. The van der Waals surface area contributed by atoms with Crippen LogP contribution in [0.1, 0.15) is 24.5 Å². The molecule has 0 bridgehead atoms. The van der Waals surface area contributed by atoms with E-state index in [4.69, 9.17) is 0 Å². The van der Waals surface area contributed by atoms with Gasteiger partial charge < -0.3 is 5.11 Å². The minimum Gasteiger partial charge on any atom is -0.392 e. The van der Waals surface area contributed by atoms with Gasteiger partial charge >= 0.3 is 0 Å². The lowest BCUT2D eigenvalue weighted by molar-refractivity contribution is 0.283. The molecular weight excluding hydrogens is 192 g/mol. The van der Waals surface area contributed by atoms with E-state index < -0.39 is 0 Å². The van der Waals surface area contributed by atoms with Crippen molar-refractivity contribution in [2.75, 3.05) is 0 Å². The van der Waals surface area contributed by atoms with Crippen LogP contribution in [0.25, 0.3) is 10.1 Å². The Morgan fingerprint density at radius 3 is 2.86 bits per heavy atom. The molecule has 0 aliphatic heterocycles. The lowest BCUT2D eigenvalue weighted by Crippen LogP contribution is -1.84. The average Bonchev–Trinajstić information content (AvgIpc) is 2.62. The number of aryl methyl sites for hydroxylation is 1. The second kappa shape index (κ2) is 4.11. The van der Waals surface area contributed by atoms with Gasteiger partial charge in [0, 0.05) is 4.70 Å². The van der Waals surface area contributed by atoms with Gasteiger partial charge in [-0.05, 0) is 28.3 Å². The van der Waals surface area contributed by atoms with E-state index in [9.17, 15) is 5.11 Å². The fraction of sp³-hybridized carbons (Fsp3) is 0.333. The van der Waals surface area contributed by atoms with E-state index >= 15 is 0 Å². The van der Waals surface area contributed by atoms with Crippen LogP contribution in [0.5, 0.6) is 0 Å². The number of rotatable bonds is 3. The Morgan fingerprint density at radius 1 is 1.29 bits per heavy atom.